The molecule has 0 radical (unpaired) electrons. The third-order valence-corrected chi connectivity index (χ3v) is 2.36. The van der Waals surface area contributed by atoms with Crippen LogP contribution in [0.4, 0.5) is 14.5 Å². The van der Waals surface area contributed by atoms with Crippen molar-refractivity contribution < 1.29 is 23.2 Å². The summed E-state index contributed by atoms with van der Waals surface area (Å²) in [5.41, 5.74) is -0.398. The van der Waals surface area contributed by atoms with Gasteiger partial charge in [-0.25, -0.2) is 8.78 Å². The summed E-state index contributed by atoms with van der Waals surface area (Å²) in [6.45, 7) is -0.122. The number of ether oxygens (including phenoxy) is 2. The van der Waals surface area contributed by atoms with Crippen molar-refractivity contribution in [2.24, 2.45) is 0 Å². The third-order valence-electron chi connectivity index (χ3n) is 2.36. The van der Waals surface area contributed by atoms with Gasteiger partial charge in [0.05, 0.1) is 18.1 Å². The zero-order chi connectivity index (χ0) is 12.4. The summed E-state index contributed by atoms with van der Waals surface area (Å²) in [5, 5.41) is 10.7. The highest BCUT2D eigenvalue weighted by atomic mass is 19.1. The molecule has 2 unspecified atom stereocenters. The minimum atomic E-state index is -1.36. The number of nitro groups is 1. The molecular weight excluding hydrogens is 236 g/mol. The number of hydrogen-bond acceptors (Lipinski definition) is 4. The molecule has 0 amide bonds. The van der Waals surface area contributed by atoms with Crippen molar-refractivity contribution in [2.75, 3.05) is 13.2 Å². The van der Waals surface area contributed by atoms with Gasteiger partial charge in [-0.2, -0.15) is 0 Å². The smallest absolute Gasteiger partial charge is 0.311 e. The van der Waals surface area contributed by atoms with Crippen molar-refractivity contribution in [3.05, 3.63) is 34.1 Å². The molecule has 5 nitrogen and oxygen atoms in total. The van der Waals surface area contributed by atoms with Gasteiger partial charge >= 0.3 is 5.69 Å². The Bertz CT molecular complexity index is 440. The third kappa shape index (κ3) is 2.50. The molecule has 0 aromatic heterocycles. The maximum atomic E-state index is 13.2. The summed E-state index contributed by atoms with van der Waals surface area (Å²) < 4.78 is 36.0. The van der Waals surface area contributed by atoms with Crippen LogP contribution < -0.4 is 4.74 Å². The molecule has 0 spiro atoms. The Kier molecular flexibility index (Phi) is 3.19. The van der Waals surface area contributed by atoms with E-state index in [-0.39, 0.29) is 19.0 Å². The van der Waals surface area contributed by atoms with Crippen molar-refractivity contribution in [1.29, 1.82) is 0 Å². The summed E-state index contributed by atoms with van der Waals surface area (Å²) in [6.07, 6.45) is -2.30. The van der Waals surface area contributed by atoms with Crippen molar-refractivity contribution in [3.8, 4) is 5.75 Å². The van der Waals surface area contributed by atoms with Gasteiger partial charge in [-0.1, -0.05) is 0 Å². The van der Waals surface area contributed by atoms with Gasteiger partial charge in [0, 0.05) is 12.1 Å². The highest BCUT2D eigenvalue weighted by Crippen LogP contribution is 2.30. The largest absolute Gasteiger partial charge is 0.478 e. The van der Waals surface area contributed by atoms with Crippen molar-refractivity contribution in [1.82, 2.24) is 0 Å². The molecule has 1 aromatic rings. The minimum absolute atomic E-state index is 0.00512. The standard InChI is InChI=1S/C10H9F2NO4/c11-6-1-2-8(13(14)15)9(3-6)17-10-5-16-4-7(10)12/h1-3,7,10H,4-5H2. The van der Waals surface area contributed by atoms with E-state index in [1.54, 1.807) is 0 Å². The minimum Gasteiger partial charge on any atom is -0.478 e. The topological polar surface area (TPSA) is 61.6 Å². The van der Waals surface area contributed by atoms with Gasteiger partial charge in [0.25, 0.3) is 0 Å². The molecule has 0 aliphatic carbocycles. The number of hydrogen-bond donors (Lipinski definition) is 0. The second-order valence-corrected chi connectivity index (χ2v) is 3.58. The first-order chi connectivity index (χ1) is 8.08. The monoisotopic (exact) mass is 245 g/mol. The Labute approximate surface area is 95.1 Å². The van der Waals surface area contributed by atoms with E-state index >= 15 is 0 Å². The number of rotatable bonds is 3. The molecule has 1 fully saturated rings. The average molecular weight is 245 g/mol. The van der Waals surface area contributed by atoms with Gasteiger partial charge in [-0.05, 0) is 6.07 Å². The van der Waals surface area contributed by atoms with Gasteiger partial charge in [0.15, 0.2) is 18.0 Å². The van der Waals surface area contributed by atoms with Crippen molar-refractivity contribution in [3.63, 3.8) is 0 Å². The Hall–Kier alpha value is -1.76. The fraction of sp³-hybridized carbons (Fsp3) is 0.400. The lowest BCUT2D eigenvalue weighted by molar-refractivity contribution is -0.386. The Morgan fingerprint density at radius 2 is 2.24 bits per heavy atom. The van der Waals surface area contributed by atoms with Crippen LogP contribution >= 0.6 is 0 Å². The fourth-order valence-electron chi connectivity index (χ4n) is 1.51. The lowest BCUT2D eigenvalue weighted by Gasteiger charge is -2.13. The summed E-state index contributed by atoms with van der Waals surface area (Å²) >= 11 is 0. The van der Waals surface area contributed by atoms with Gasteiger partial charge in [-0.15, -0.1) is 0 Å². The average Bonchev–Trinajstić information content (AvgIpc) is 2.64. The van der Waals surface area contributed by atoms with E-state index in [9.17, 15) is 18.9 Å². The first-order valence-corrected chi connectivity index (χ1v) is 4.90. The predicted octanol–water partition coefficient (Wildman–Crippen LogP) is 1.85. The Morgan fingerprint density at radius 1 is 1.47 bits per heavy atom. The fourth-order valence-corrected chi connectivity index (χ4v) is 1.51. The van der Waals surface area contributed by atoms with Crippen LogP contribution in [-0.2, 0) is 4.74 Å². The molecule has 1 saturated heterocycles. The van der Waals surface area contributed by atoms with Crippen LogP contribution in [0.3, 0.4) is 0 Å². The molecule has 1 aliphatic rings. The van der Waals surface area contributed by atoms with Crippen LogP contribution in [0.15, 0.2) is 18.2 Å². The molecule has 92 valence electrons. The number of benzene rings is 1. The van der Waals surface area contributed by atoms with E-state index in [2.05, 4.69) is 0 Å². The molecule has 1 aliphatic heterocycles. The first-order valence-electron chi connectivity index (χ1n) is 4.90. The quantitative estimate of drug-likeness (QED) is 0.602. The van der Waals surface area contributed by atoms with E-state index in [0.717, 1.165) is 18.2 Å². The van der Waals surface area contributed by atoms with Crippen molar-refractivity contribution >= 4 is 5.69 Å². The normalized spacial score (nSPS) is 23.6. The molecule has 2 rings (SSSR count). The van der Waals surface area contributed by atoms with Gasteiger partial charge in [-0.3, -0.25) is 10.1 Å². The zero-order valence-electron chi connectivity index (χ0n) is 8.64. The van der Waals surface area contributed by atoms with Gasteiger partial charge in [0.2, 0.25) is 0 Å². The highest BCUT2D eigenvalue weighted by Gasteiger charge is 2.31. The summed E-state index contributed by atoms with van der Waals surface area (Å²) in [5.74, 6) is -0.965. The first kappa shape index (κ1) is 11.7. The van der Waals surface area contributed by atoms with E-state index in [0.29, 0.717) is 0 Å². The summed E-state index contributed by atoms with van der Waals surface area (Å²) in [7, 11) is 0. The van der Waals surface area contributed by atoms with E-state index < -0.39 is 28.7 Å². The molecule has 0 bridgehead atoms. The second kappa shape index (κ2) is 4.62. The molecule has 17 heavy (non-hydrogen) atoms. The van der Waals surface area contributed by atoms with Crippen LogP contribution in [0.2, 0.25) is 0 Å². The van der Waals surface area contributed by atoms with Crippen molar-refractivity contribution in [2.45, 2.75) is 12.3 Å². The molecule has 0 N–H and O–H groups in total. The zero-order valence-corrected chi connectivity index (χ0v) is 8.64. The maximum Gasteiger partial charge on any atom is 0.311 e. The molecule has 7 heteroatoms. The van der Waals surface area contributed by atoms with Crippen LogP contribution in [0.1, 0.15) is 0 Å². The molecule has 2 atom stereocenters. The highest BCUT2D eigenvalue weighted by molar-refractivity contribution is 5.46. The summed E-state index contributed by atoms with van der Waals surface area (Å²) in [4.78, 5) is 9.96. The maximum absolute atomic E-state index is 13.2. The molecular formula is C10H9F2NO4. The molecule has 1 aromatic carbocycles. The number of nitro benzene ring substituents is 1. The van der Waals surface area contributed by atoms with E-state index in [1.165, 1.54) is 0 Å². The number of nitrogens with zero attached hydrogens (tertiary/aromatic N) is 1. The second-order valence-electron chi connectivity index (χ2n) is 3.58. The van der Waals surface area contributed by atoms with E-state index in [4.69, 9.17) is 9.47 Å². The van der Waals surface area contributed by atoms with E-state index in [1.807, 2.05) is 0 Å². The lowest BCUT2D eigenvalue weighted by atomic mass is 10.2. The predicted molar refractivity (Wildman–Crippen MR) is 53.2 cm³/mol. The number of halogens is 2. The number of alkyl halides is 1. The SMILES string of the molecule is O=[N+]([O-])c1ccc(F)cc1OC1COCC1F. The molecule has 0 saturated carbocycles. The van der Waals surface area contributed by atoms with Gasteiger partial charge in [0.1, 0.15) is 5.82 Å². The van der Waals surface area contributed by atoms with Gasteiger partial charge < -0.3 is 9.47 Å². The van der Waals surface area contributed by atoms with Crippen LogP contribution in [-0.4, -0.2) is 30.4 Å². The summed E-state index contributed by atoms with van der Waals surface area (Å²) in [6, 6.07) is 2.79. The molecule has 1 heterocycles. The lowest BCUT2D eigenvalue weighted by Crippen LogP contribution is -2.26. The Morgan fingerprint density at radius 3 is 2.82 bits per heavy atom. The van der Waals surface area contributed by atoms with Crippen LogP contribution in [0, 0.1) is 15.9 Å². The van der Waals surface area contributed by atoms with Crippen LogP contribution in [0.5, 0.6) is 5.75 Å². The Balaban J connectivity index is 2.24. The van der Waals surface area contributed by atoms with Crippen LogP contribution in [0.25, 0.3) is 0 Å².